The number of carbonyl (C=O) groups is 1. The lowest BCUT2D eigenvalue weighted by Crippen LogP contribution is -2.44. The third kappa shape index (κ3) is 5.06. The molecule has 1 aromatic carbocycles. The molecule has 3 rings (SSSR count). The van der Waals surface area contributed by atoms with Crippen molar-refractivity contribution in [3.8, 4) is 11.3 Å². The highest BCUT2D eigenvalue weighted by atomic mass is 35.5. The molecular weight excluding hydrogens is 328 g/mol. The molecule has 0 aliphatic carbocycles. The standard InChI is InChI=1S/C17H22N4O2.ClH/c22-17(19-7-4-10-21-11-8-18-9-12-21)16-13-15(20-23-16)14-5-2-1-3-6-14;/h1-3,5-6,13,18H,4,7-12H2,(H,19,22);1H. The first-order valence-corrected chi connectivity index (χ1v) is 8.06. The number of halogens is 1. The molecular formula is C17H23ClN4O2. The number of aromatic nitrogens is 1. The smallest absolute Gasteiger partial charge is 0.289 e. The van der Waals surface area contributed by atoms with Gasteiger partial charge in [-0.15, -0.1) is 12.4 Å². The number of rotatable bonds is 6. The molecule has 1 aromatic heterocycles. The second-order valence-electron chi connectivity index (χ2n) is 5.64. The van der Waals surface area contributed by atoms with Gasteiger partial charge in [0.05, 0.1) is 0 Å². The molecule has 0 unspecified atom stereocenters. The zero-order chi connectivity index (χ0) is 15.9. The van der Waals surface area contributed by atoms with Gasteiger partial charge in [-0.2, -0.15) is 0 Å². The zero-order valence-electron chi connectivity index (χ0n) is 13.5. The highest BCUT2D eigenvalue weighted by molar-refractivity contribution is 5.92. The van der Waals surface area contributed by atoms with Gasteiger partial charge < -0.3 is 20.1 Å². The average Bonchev–Trinajstić information content (AvgIpc) is 3.10. The van der Waals surface area contributed by atoms with E-state index in [1.165, 1.54) is 0 Å². The number of benzene rings is 1. The average molecular weight is 351 g/mol. The van der Waals surface area contributed by atoms with Crippen LogP contribution in [0.4, 0.5) is 0 Å². The van der Waals surface area contributed by atoms with Crippen LogP contribution < -0.4 is 10.6 Å². The van der Waals surface area contributed by atoms with E-state index in [1.54, 1.807) is 6.07 Å². The van der Waals surface area contributed by atoms with E-state index in [0.717, 1.165) is 44.7 Å². The Balaban J connectivity index is 0.00000208. The summed E-state index contributed by atoms with van der Waals surface area (Å²) in [5, 5.41) is 10.2. The highest BCUT2D eigenvalue weighted by Gasteiger charge is 2.14. The van der Waals surface area contributed by atoms with Crippen LogP contribution in [0.2, 0.25) is 0 Å². The number of nitrogens with one attached hydrogen (secondary N) is 2. The summed E-state index contributed by atoms with van der Waals surface area (Å²) in [6.45, 7) is 5.91. The summed E-state index contributed by atoms with van der Waals surface area (Å²) in [6, 6.07) is 11.4. The van der Waals surface area contributed by atoms with Crippen molar-refractivity contribution in [2.45, 2.75) is 6.42 Å². The predicted octanol–water partition coefficient (Wildman–Crippen LogP) is 1.79. The maximum atomic E-state index is 12.1. The third-order valence-electron chi connectivity index (χ3n) is 3.95. The molecule has 0 bridgehead atoms. The summed E-state index contributed by atoms with van der Waals surface area (Å²) in [4.78, 5) is 14.5. The fraction of sp³-hybridized carbons (Fsp3) is 0.412. The van der Waals surface area contributed by atoms with E-state index in [0.29, 0.717) is 12.2 Å². The van der Waals surface area contributed by atoms with Crippen molar-refractivity contribution in [1.29, 1.82) is 0 Å². The number of hydrogen-bond donors (Lipinski definition) is 2. The predicted molar refractivity (Wildman–Crippen MR) is 95.4 cm³/mol. The number of piperazine rings is 1. The number of amides is 1. The van der Waals surface area contributed by atoms with Gasteiger partial charge in [-0.25, -0.2) is 0 Å². The molecule has 1 amide bonds. The summed E-state index contributed by atoms with van der Waals surface area (Å²) in [5.41, 5.74) is 1.62. The minimum atomic E-state index is -0.208. The molecule has 0 atom stereocenters. The molecule has 7 heteroatoms. The van der Waals surface area contributed by atoms with Crippen LogP contribution in [0.3, 0.4) is 0 Å². The molecule has 130 valence electrons. The van der Waals surface area contributed by atoms with E-state index >= 15 is 0 Å². The van der Waals surface area contributed by atoms with Crippen molar-refractivity contribution in [3.05, 3.63) is 42.2 Å². The monoisotopic (exact) mass is 350 g/mol. The molecule has 0 spiro atoms. The van der Waals surface area contributed by atoms with E-state index in [1.807, 2.05) is 30.3 Å². The molecule has 1 aliphatic heterocycles. The van der Waals surface area contributed by atoms with Crippen molar-refractivity contribution in [3.63, 3.8) is 0 Å². The Morgan fingerprint density at radius 1 is 1.25 bits per heavy atom. The van der Waals surface area contributed by atoms with Gasteiger partial charge in [-0.3, -0.25) is 4.79 Å². The van der Waals surface area contributed by atoms with Crippen molar-refractivity contribution >= 4 is 18.3 Å². The van der Waals surface area contributed by atoms with Crippen molar-refractivity contribution < 1.29 is 9.32 Å². The fourth-order valence-corrected chi connectivity index (χ4v) is 2.65. The maximum Gasteiger partial charge on any atom is 0.289 e. The first-order chi connectivity index (χ1) is 11.3. The van der Waals surface area contributed by atoms with Crippen LogP contribution in [0.25, 0.3) is 11.3 Å². The normalized spacial score (nSPS) is 14.8. The van der Waals surface area contributed by atoms with Gasteiger partial charge in [0.15, 0.2) is 0 Å². The highest BCUT2D eigenvalue weighted by Crippen LogP contribution is 2.18. The first-order valence-electron chi connectivity index (χ1n) is 8.06. The van der Waals surface area contributed by atoms with E-state index in [4.69, 9.17) is 4.52 Å². The van der Waals surface area contributed by atoms with E-state index in [2.05, 4.69) is 20.7 Å². The molecule has 1 aliphatic rings. The molecule has 24 heavy (non-hydrogen) atoms. The quantitative estimate of drug-likeness (QED) is 0.777. The van der Waals surface area contributed by atoms with Gasteiger partial charge in [-0.05, 0) is 13.0 Å². The van der Waals surface area contributed by atoms with Gasteiger partial charge in [-0.1, -0.05) is 35.5 Å². The number of carbonyl (C=O) groups excluding carboxylic acids is 1. The van der Waals surface area contributed by atoms with Crippen LogP contribution in [0.5, 0.6) is 0 Å². The van der Waals surface area contributed by atoms with Crippen molar-refractivity contribution in [2.75, 3.05) is 39.3 Å². The van der Waals surface area contributed by atoms with Crippen LogP contribution in [0.1, 0.15) is 17.0 Å². The van der Waals surface area contributed by atoms with Gasteiger partial charge in [0.2, 0.25) is 5.76 Å². The van der Waals surface area contributed by atoms with Crippen LogP contribution in [0, 0.1) is 0 Å². The molecule has 1 fully saturated rings. The minimum absolute atomic E-state index is 0. The molecule has 1 saturated heterocycles. The summed E-state index contributed by atoms with van der Waals surface area (Å²) in [6.07, 6.45) is 0.936. The largest absolute Gasteiger partial charge is 0.350 e. The lowest BCUT2D eigenvalue weighted by molar-refractivity contribution is 0.0914. The van der Waals surface area contributed by atoms with Crippen LogP contribution >= 0.6 is 12.4 Å². The Hall–Kier alpha value is -1.89. The van der Waals surface area contributed by atoms with Crippen molar-refractivity contribution in [1.82, 2.24) is 20.7 Å². The second-order valence-corrected chi connectivity index (χ2v) is 5.64. The summed E-state index contributed by atoms with van der Waals surface area (Å²) >= 11 is 0. The summed E-state index contributed by atoms with van der Waals surface area (Å²) < 4.78 is 5.15. The Kier molecular flexibility index (Phi) is 7.24. The van der Waals surface area contributed by atoms with E-state index in [9.17, 15) is 4.79 Å². The van der Waals surface area contributed by atoms with E-state index < -0.39 is 0 Å². The Bertz CT molecular complexity index is 627. The lowest BCUT2D eigenvalue weighted by atomic mass is 10.1. The van der Waals surface area contributed by atoms with Crippen LogP contribution in [-0.4, -0.2) is 55.2 Å². The van der Waals surface area contributed by atoms with Gasteiger partial charge in [0.1, 0.15) is 5.69 Å². The lowest BCUT2D eigenvalue weighted by Gasteiger charge is -2.26. The Morgan fingerprint density at radius 2 is 2.00 bits per heavy atom. The SMILES string of the molecule is Cl.O=C(NCCCN1CCNCC1)c1cc(-c2ccccc2)no1. The maximum absolute atomic E-state index is 12.1. The molecule has 2 aromatic rings. The molecule has 2 N–H and O–H groups in total. The second kappa shape index (κ2) is 9.42. The van der Waals surface area contributed by atoms with Gasteiger partial charge in [0.25, 0.3) is 5.91 Å². The third-order valence-corrected chi connectivity index (χ3v) is 3.95. The van der Waals surface area contributed by atoms with Gasteiger partial charge in [0, 0.05) is 44.4 Å². The molecule has 6 nitrogen and oxygen atoms in total. The molecule has 2 heterocycles. The number of nitrogens with zero attached hydrogens (tertiary/aromatic N) is 2. The van der Waals surface area contributed by atoms with Crippen LogP contribution in [0.15, 0.2) is 40.9 Å². The Morgan fingerprint density at radius 3 is 2.75 bits per heavy atom. The molecule has 0 saturated carbocycles. The van der Waals surface area contributed by atoms with Gasteiger partial charge >= 0.3 is 0 Å². The first kappa shape index (κ1) is 18.4. The van der Waals surface area contributed by atoms with Crippen molar-refractivity contribution in [2.24, 2.45) is 0 Å². The zero-order valence-corrected chi connectivity index (χ0v) is 14.3. The topological polar surface area (TPSA) is 70.4 Å². The summed E-state index contributed by atoms with van der Waals surface area (Å²) in [5.74, 6) is 0.0472. The number of hydrogen-bond acceptors (Lipinski definition) is 5. The van der Waals surface area contributed by atoms with Crippen LogP contribution in [-0.2, 0) is 0 Å². The van der Waals surface area contributed by atoms with E-state index in [-0.39, 0.29) is 24.1 Å². The summed E-state index contributed by atoms with van der Waals surface area (Å²) in [7, 11) is 0. The minimum Gasteiger partial charge on any atom is -0.350 e. The fourth-order valence-electron chi connectivity index (χ4n) is 2.65. The Labute approximate surface area is 148 Å². The molecule has 0 radical (unpaired) electrons.